The molecule has 0 aliphatic heterocycles. The molecule has 1 saturated carbocycles. The first-order valence-electron chi connectivity index (χ1n) is 6.51. The molecular weight excluding hydrogens is 278 g/mol. The Morgan fingerprint density at radius 3 is 2.88 bits per heavy atom. The fraction of sp³-hybridized carbons (Fsp3) is 0.769. The van der Waals surface area contributed by atoms with Gasteiger partial charge in [0.25, 0.3) is 0 Å². The lowest BCUT2D eigenvalue weighted by molar-refractivity contribution is 0.266. The first kappa shape index (κ1) is 13.1. The molecule has 2 rings (SSSR count). The molecule has 1 aliphatic rings. The number of halogens is 1. The Morgan fingerprint density at radius 2 is 2.24 bits per heavy atom. The molecule has 4 heteroatoms. The van der Waals surface area contributed by atoms with Crippen molar-refractivity contribution >= 4 is 15.9 Å². The average molecular weight is 300 g/mol. The second-order valence-corrected chi connectivity index (χ2v) is 5.79. The van der Waals surface area contributed by atoms with Crippen LogP contribution >= 0.6 is 15.9 Å². The summed E-state index contributed by atoms with van der Waals surface area (Å²) in [6.07, 6.45) is 7.47. The molecule has 0 saturated heterocycles. The molecule has 3 nitrogen and oxygen atoms in total. The maximum atomic E-state index is 4.71. The van der Waals surface area contributed by atoms with Crippen LogP contribution in [-0.4, -0.2) is 33.1 Å². The lowest BCUT2D eigenvalue weighted by Gasteiger charge is -2.21. The number of nitrogens with zero attached hydrogens (tertiary/aromatic N) is 3. The molecule has 0 bridgehead atoms. The van der Waals surface area contributed by atoms with Crippen molar-refractivity contribution in [2.24, 2.45) is 0 Å². The minimum atomic E-state index is 0.548. The van der Waals surface area contributed by atoms with E-state index in [4.69, 9.17) is 5.10 Å². The maximum Gasteiger partial charge on any atom is 0.0764 e. The van der Waals surface area contributed by atoms with Gasteiger partial charge in [0.2, 0.25) is 0 Å². The molecule has 17 heavy (non-hydrogen) atoms. The van der Waals surface area contributed by atoms with E-state index >= 15 is 0 Å². The van der Waals surface area contributed by atoms with Crippen LogP contribution in [0.2, 0.25) is 0 Å². The van der Waals surface area contributed by atoms with E-state index in [-0.39, 0.29) is 0 Å². The third-order valence-corrected chi connectivity index (χ3v) is 4.69. The highest BCUT2D eigenvalue weighted by molar-refractivity contribution is 9.09. The van der Waals surface area contributed by atoms with Crippen molar-refractivity contribution in [3.63, 3.8) is 0 Å². The molecule has 1 aromatic rings. The van der Waals surface area contributed by atoms with Gasteiger partial charge >= 0.3 is 0 Å². The summed E-state index contributed by atoms with van der Waals surface area (Å²) in [5.74, 6) is 0. The van der Waals surface area contributed by atoms with Gasteiger partial charge in [-0.15, -0.1) is 0 Å². The summed E-state index contributed by atoms with van der Waals surface area (Å²) in [6, 6.07) is 3.37. The minimum absolute atomic E-state index is 0.548. The van der Waals surface area contributed by atoms with Gasteiger partial charge in [-0.1, -0.05) is 28.8 Å². The summed E-state index contributed by atoms with van der Waals surface area (Å²) in [5, 5.41) is 5.72. The van der Waals surface area contributed by atoms with Crippen LogP contribution in [0.15, 0.2) is 12.3 Å². The first-order chi connectivity index (χ1) is 8.20. The molecule has 0 spiro atoms. The second-order valence-electron chi connectivity index (χ2n) is 5.14. The van der Waals surface area contributed by atoms with Crippen LogP contribution in [0.25, 0.3) is 0 Å². The summed E-state index contributed by atoms with van der Waals surface area (Å²) >= 11 is 3.52. The number of hydrogen-bond acceptors (Lipinski definition) is 2. The van der Waals surface area contributed by atoms with Gasteiger partial charge < -0.3 is 0 Å². The molecular formula is C13H22BrN3. The highest BCUT2D eigenvalue weighted by Crippen LogP contribution is 2.28. The zero-order chi connectivity index (χ0) is 12.3. The highest BCUT2D eigenvalue weighted by Gasteiger charge is 2.18. The average Bonchev–Trinajstić information content (AvgIpc) is 2.97. The predicted octanol–water partition coefficient (Wildman–Crippen LogP) is 3.21. The Morgan fingerprint density at radius 1 is 1.53 bits per heavy atom. The Labute approximate surface area is 112 Å². The van der Waals surface area contributed by atoms with Crippen molar-refractivity contribution in [2.45, 2.75) is 51.2 Å². The molecule has 0 N–H and O–H groups in total. The largest absolute Gasteiger partial charge is 0.297 e. The Bertz CT molecular complexity index is 344. The molecule has 0 aromatic carbocycles. The topological polar surface area (TPSA) is 21.1 Å². The molecule has 1 aliphatic carbocycles. The van der Waals surface area contributed by atoms with E-state index in [1.807, 2.05) is 0 Å². The Kier molecular flexibility index (Phi) is 4.62. The van der Waals surface area contributed by atoms with E-state index in [0.717, 1.165) is 11.9 Å². The van der Waals surface area contributed by atoms with Crippen LogP contribution in [0.4, 0.5) is 0 Å². The summed E-state index contributed by atoms with van der Waals surface area (Å²) in [6.45, 7) is 3.16. The van der Waals surface area contributed by atoms with Crippen LogP contribution in [0.5, 0.6) is 0 Å². The Hall–Kier alpha value is -0.350. The van der Waals surface area contributed by atoms with Gasteiger partial charge in [-0.3, -0.25) is 9.58 Å². The third kappa shape index (κ3) is 3.32. The maximum absolute atomic E-state index is 4.71. The van der Waals surface area contributed by atoms with Gasteiger partial charge in [-0.05, 0) is 32.9 Å². The lowest BCUT2D eigenvalue weighted by atomic mass is 10.3. The van der Waals surface area contributed by atoms with Crippen molar-refractivity contribution in [1.82, 2.24) is 14.7 Å². The monoisotopic (exact) mass is 299 g/mol. The summed E-state index contributed by atoms with van der Waals surface area (Å²) in [5.41, 5.74) is 1.19. The lowest BCUT2D eigenvalue weighted by Crippen LogP contribution is -2.29. The zero-order valence-corrected chi connectivity index (χ0v) is 12.4. The standard InChI is InChI=1S/C13H22BrN3/c1-11(9-14)16(2)10-12-7-8-17(15-12)13-5-3-4-6-13/h7-8,11,13H,3-6,9-10H2,1-2H3. The molecule has 96 valence electrons. The van der Waals surface area contributed by atoms with E-state index in [0.29, 0.717) is 12.1 Å². The van der Waals surface area contributed by atoms with Gasteiger partial charge in [-0.25, -0.2) is 0 Å². The second kappa shape index (κ2) is 6.01. The zero-order valence-electron chi connectivity index (χ0n) is 10.8. The van der Waals surface area contributed by atoms with Gasteiger partial charge in [-0.2, -0.15) is 5.10 Å². The highest BCUT2D eigenvalue weighted by atomic mass is 79.9. The molecule has 1 heterocycles. The van der Waals surface area contributed by atoms with E-state index in [1.54, 1.807) is 0 Å². The van der Waals surface area contributed by atoms with E-state index < -0.39 is 0 Å². The minimum Gasteiger partial charge on any atom is -0.297 e. The number of rotatable bonds is 5. The van der Waals surface area contributed by atoms with Crippen molar-refractivity contribution in [1.29, 1.82) is 0 Å². The fourth-order valence-electron chi connectivity index (χ4n) is 2.36. The van der Waals surface area contributed by atoms with E-state index in [1.165, 1.54) is 31.4 Å². The van der Waals surface area contributed by atoms with Crippen LogP contribution in [0, 0.1) is 0 Å². The normalized spacial score (nSPS) is 19.1. The van der Waals surface area contributed by atoms with Crippen LogP contribution < -0.4 is 0 Å². The molecule has 0 radical (unpaired) electrons. The summed E-state index contributed by atoms with van der Waals surface area (Å²) < 4.78 is 2.18. The van der Waals surface area contributed by atoms with Gasteiger partial charge in [0.1, 0.15) is 0 Å². The molecule has 0 amide bonds. The fourth-order valence-corrected chi connectivity index (χ4v) is 2.86. The first-order valence-corrected chi connectivity index (χ1v) is 7.63. The van der Waals surface area contributed by atoms with Crippen LogP contribution in [-0.2, 0) is 6.54 Å². The van der Waals surface area contributed by atoms with Crippen molar-refractivity contribution < 1.29 is 0 Å². The number of hydrogen-bond donors (Lipinski definition) is 0. The van der Waals surface area contributed by atoms with Gasteiger partial charge in [0, 0.05) is 24.1 Å². The van der Waals surface area contributed by atoms with Crippen molar-refractivity contribution in [2.75, 3.05) is 12.4 Å². The smallest absolute Gasteiger partial charge is 0.0764 e. The van der Waals surface area contributed by atoms with Gasteiger partial charge in [0.05, 0.1) is 11.7 Å². The predicted molar refractivity (Wildman–Crippen MR) is 74.5 cm³/mol. The molecule has 1 fully saturated rings. The molecule has 1 aromatic heterocycles. The van der Waals surface area contributed by atoms with Crippen LogP contribution in [0.1, 0.15) is 44.3 Å². The van der Waals surface area contributed by atoms with Gasteiger partial charge in [0.15, 0.2) is 0 Å². The van der Waals surface area contributed by atoms with Crippen LogP contribution in [0.3, 0.4) is 0 Å². The quantitative estimate of drug-likeness (QED) is 0.779. The SMILES string of the molecule is CC(CBr)N(C)Cc1ccn(C2CCCC2)n1. The number of alkyl halides is 1. The molecule has 1 unspecified atom stereocenters. The third-order valence-electron chi connectivity index (χ3n) is 3.75. The number of aromatic nitrogens is 2. The summed E-state index contributed by atoms with van der Waals surface area (Å²) in [7, 11) is 2.15. The Balaban J connectivity index is 1.93. The summed E-state index contributed by atoms with van der Waals surface area (Å²) in [4.78, 5) is 2.33. The van der Waals surface area contributed by atoms with Crippen molar-refractivity contribution in [3.8, 4) is 0 Å². The van der Waals surface area contributed by atoms with E-state index in [2.05, 4.69) is 51.7 Å². The van der Waals surface area contributed by atoms with Crippen molar-refractivity contribution in [3.05, 3.63) is 18.0 Å². The molecule has 1 atom stereocenters. The van der Waals surface area contributed by atoms with E-state index in [9.17, 15) is 0 Å².